The topological polar surface area (TPSA) is 102 Å². The van der Waals surface area contributed by atoms with E-state index in [1.165, 1.54) is 34.9 Å². The summed E-state index contributed by atoms with van der Waals surface area (Å²) in [6.45, 7) is 4.89. The molecule has 1 unspecified atom stereocenters. The third kappa shape index (κ3) is 7.83. The molecule has 1 amide bonds. The molecule has 46 heavy (non-hydrogen) atoms. The van der Waals surface area contributed by atoms with Crippen molar-refractivity contribution >= 4 is 46.0 Å². The molecule has 0 saturated carbocycles. The van der Waals surface area contributed by atoms with Crippen molar-refractivity contribution in [1.82, 2.24) is 10.2 Å². The van der Waals surface area contributed by atoms with Crippen LogP contribution in [0.4, 0.5) is 9.52 Å². The van der Waals surface area contributed by atoms with Crippen molar-refractivity contribution in [2.24, 2.45) is 0 Å². The third-order valence-corrected chi connectivity index (χ3v) is 9.29. The highest BCUT2D eigenvalue weighted by Gasteiger charge is 2.45. The molecule has 3 aromatic carbocycles. The molecule has 1 aromatic heterocycles. The van der Waals surface area contributed by atoms with Gasteiger partial charge in [0.2, 0.25) is 5.13 Å². The highest BCUT2D eigenvalue weighted by Crippen LogP contribution is 2.45. The minimum Gasteiger partial charge on any atom is -0.503 e. The predicted octanol–water partition coefficient (Wildman–Crippen LogP) is 8.12. The Kier molecular flexibility index (Phi) is 11.2. The molecule has 0 radical (unpaired) electrons. The molecule has 1 N–H and O–H groups in total. The maximum atomic E-state index is 13.7. The SMILES string of the molecule is CCCCCOc1ccc(C2C(C(=O)C=Cc3ccccc3)=C(O)C(=O)N2c2nnc(SCc3ccc(F)cc3)s2)cc1OCC. The second-order valence-corrected chi connectivity index (χ2v) is 12.6. The number of ketones is 1. The molecule has 0 saturated heterocycles. The number of nitrogens with zero attached hydrogens (tertiary/aromatic N) is 3. The van der Waals surface area contributed by atoms with Gasteiger partial charge in [-0.05, 0) is 60.4 Å². The maximum Gasteiger partial charge on any atom is 0.296 e. The van der Waals surface area contributed by atoms with Gasteiger partial charge in [-0.3, -0.25) is 14.5 Å². The van der Waals surface area contributed by atoms with Crippen LogP contribution in [0.3, 0.4) is 0 Å². The van der Waals surface area contributed by atoms with E-state index in [0.29, 0.717) is 40.4 Å². The Morgan fingerprint density at radius 2 is 1.80 bits per heavy atom. The number of thioether (sulfide) groups is 1. The highest BCUT2D eigenvalue weighted by atomic mass is 32.2. The van der Waals surface area contributed by atoms with Crippen LogP contribution in [0.15, 0.2) is 94.5 Å². The first-order chi connectivity index (χ1) is 22.4. The Balaban J connectivity index is 1.49. The lowest BCUT2D eigenvalue weighted by atomic mass is 9.95. The fourth-order valence-electron chi connectivity index (χ4n) is 4.90. The van der Waals surface area contributed by atoms with Gasteiger partial charge >= 0.3 is 0 Å². The van der Waals surface area contributed by atoms with Crippen LogP contribution in [0.1, 0.15) is 55.8 Å². The molecule has 5 rings (SSSR count). The zero-order valence-corrected chi connectivity index (χ0v) is 27.2. The molecule has 1 aliphatic rings. The number of aromatic nitrogens is 2. The molecule has 1 aliphatic heterocycles. The first kappa shape index (κ1) is 32.9. The average Bonchev–Trinajstić information content (AvgIpc) is 3.64. The molecule has 4 aromatic rings. The molecule has 0 bridgehead atoms. The number of ether oxygens (including phenoxy) is 2. The Bertz CT molecular complexity index is 1720. The number of amides is 1. The standard InChI is InChI=1S/C35H34FN3O5S2/c1-3-5-9-20-44-28-19-15-25(21-29(28)43-4-2)31-30(27(40)18-14-23-10-7-6-8-11-23)32(41)33(42)39(31)34-37-38-35(46-34)45-22-24-12-16-26(36)17-13-24/h6-8,10-19,21,31,41H,3-5,9,20,22H2,1-2H3. The summed E-state index contributed by atoms with van der Waals surface area (Å²) in [6.07, 6.45) is 6.00. The number of carbonyl (C=O) groups excluding carboxylic acids is 2. The summed E-state index contributed by atoms with van der Waals surface area (Å²) < 4.78 is 25.8. The number of benzene rings is 3. The quantitative estimate of drug-likeness (QED) is 0.0591. The number of hydrogen-bond donors (Lipinski definition) is 1. The normalized spacial score (nSPS) is 14.8. The molecule has 8 nitrogen and oxygen atoms in total. The van der Waals surface area contributed by atoms with Crippen LogP contribution in [-0.2, 0) is 15.3 Å². The van der Waals surface area contributed by atoms with Crippen molar-refractivity contribution in [3.05, 3.63) is 113 Å². The van der Waals surface area contributed by atoms with Crippen molar-refractivity contribution in [3.63, 3.8) is 0 Å². The number of carbonyl (C=O) groups is 2. The van der Waals surface area contributed by atoms with Crippen LogP contribution in [0.2, 0.25) is 0 Å². The van der Waals surface area contributed by atoms with E-state index in [2.05, 4.69) is 17.1 Å². The van der Waals surface area contributed by atoms with E-state index in [1.54, 1.807) is 36.4 Å². The van der Waals surface area contributed by atoms with Crippen LogP contribution in [0.5, 0.6) is 11.5 Å². The van der Waals surface area contributed by atoms with Crippen LogP contribution in [0.25, 0.3) is 6.08 Å². The van der Waals surface area contributed by atoms with Crippen LogP contribution in [0, 0.1) is 5.82 Å². The van der Waals surface area contributed by atoms with Crippen molar-refractivity contribution in [3.8, 4) is 11.5 Å². The van der Waals surface area contributed by atoms with E-state index >= 15 is 0 Å². The summed E-state index contributed by atoms with van der Waals surface area (Å²) in [5.41, 5.74) is 2.15. The highest BCUT2D eigenvalue weighted by molar-refractivity contribution is 8.00. The van der Waals surface area contributed by atoms with E-state index in [1.807, 2.05) is 37.3 Å². The maximum absolute atomic E-state index is 13.7. The lowest BCUT2D eigenvalue weighted by molar-refractivity contribution is -0.117. The van der Waals surface area contributed by atoms with Crippen molar-refractivity contribution in [2.45, 2.75) is 49.2 Å². The van der Waals surface area contributed by atoms with Gasteiger partial charge in [0, 0.05) is 5.75 Å². The second-order valence-electron chi connectivity index (χ2n) is 10.4. The van der Waals surface area contributed by atoms with E-state index in [9.17, 15) is 19.1 Å². The zero-order valence-electron chi connectivity index (χ0n) is 25.5. The number of rotatable bonds is 15. The Morgan fingerprint density at radius 1 is 1.02 bits per heavy atom. The Morgan fingerprint density at radius 3 is 2.54 bits per heavy atom. The Hall–Kier alpha value is -4.48. The Labute approximate surface area is 275 Å². The number of anilines is 1. The zero-order chi connectivity index (χ0) is 32.5. The number of aliphatic hydroxyl groups is 1. The summed E-state index contributed by atoms with van der Waals surface area (Å²) >= 11 is 2.55. The first-order valence-electron chi connectivity index (χ1n) is 15.0. The van der Waals surface area contributed by atoms with Crippen LogP contribution in [-0.4, -0.2) is 40.2 Å². The second kappa shape index (κ2) is 15.7. The third-order valence-electron chi connectivity index (χ3n) is 7.17. The lowest BCUT2D eigenvalue weighted by Crippen LogP contribution is -2.31. The number of hydrogen-bond acceptors (Lipinski definition) is 9. The lowest BCUT2D eigenvalue weighted by Gasteiger charge is -2.24. The van der Waals surface area contributed by atoms with Crippen molar-refractivity contribution in [2.75, 3.05) is 18.1 Å². The van der Waals surface area contributed by atoms with Gasteiger partial charge in [-0.1, -0.05) is 97.5 Å². The summed E-state index contributed by atoms with van der Waals surface area (Å²) in [5.74, 6) is -0.707. The molecule has 2 heterocycles. The fourth-order valence-corrected chi connectivity index (χ4v) is 6.72. The summed E-state index contributed by atoms with van der Waals surface area (Å²) in [7, 11) is 0. The molecule has 238 valence electrons. The van der Waals surface area contributed by atoms with E-state index < -0.39 is 23.5 Å². The van der Waals surface area contributed by atoms with E-state index in [4.69, 9.17) is 9.47 Å². The van der Waals surface area contributed by atoms with Gasteiger partial charge < -0.3 is 14.6 Å². The number of allylic oxidation sites excluding steroid dienone is 1. The first-order valence-corrected chi connectivity index (χ1v) is 16.8. The van der Waals surface area contributed by atoms with Gasteiger partial charge in [0.1, 0.15) is 5.82 Å². The van der Waals surface area contributed by atoms with E-state index in [-0.39, 0.29) is 16.5 Å². The van der Waals surface area contributed by atoms with Gasteiger partial charge in [0.25, 0.3) is 5.91 Å². The molecular formula is C35H34FN3O5S2. The van der Waals surface area contributed by atoms with Gasteiger partial charge in [0.15, 0.2) is 27.4 Å². The summed E-state index contributed by atoms with van der Waals surface area (Å²) in [4.78, 5) is 28.7. The van der Waals surface area contributed by atoms with Gasteiger partial charge in [-0.25, -0.2) is 4.39 Å². The fraction of sp³-hybridized carbons (Fsp3) is 0.257. The minimum atomic E-state index is -1.00. The monoisotopic (exact) mass is 659 g/mol. The van der Waals surface area contributed by atoms with Crippen LogP contribution >= 0.6 is 23.1 Å². The minimum absolute atomic E-state index is 0.0769. The van der Waals surface area contributed by atoms with Crippen molar-refractivity contribution in [1.29, 1.82) is 0 Å². The molecular weight excluding hydrogens is 626 g/mol. The van der Waals surface area contributed by atoms with E-state index in [0.717, 1.165) is 41.7 Å². The van der Waals surface area contributed by atoms with Crippen molar-refractivity contribution < 1.29 is 28.6 Å². The largest absolute Gasteiger partial charge is 0.503 e. The number of halogens is 1. The van der Waals surface area contributed by atoms with Crippen LogP contribution < -0.4 is 14.4 Å². The molecule has 0 fully saturated rings. The summed E-state index contributed by atoms with van der Waals surface area (Å²) in [6, 6.07) is 19.7. The average molecular weight is 660 g/mol. The number of unbranched alkanes of at least 4 members (excludes halogenated alkanes) is 2. The van der Waals surface area contributed by atoms with Gasteiger partial charge in [-0.15, -0.1) is 10.2 Å². The number of aliphatic hydroxyl groups excluding tert-OH is 1. The summed E-state index contributed by atoms with van der Waals surface area (Å²) in [5, 5.41) is 19.9. The van der Waals surface area contributed by atoms with Gasteiger partial charge in [0.05, 0.1) is 24.8 Å². The molecule has 1 atom stereocenters. The predicted molar refractivity (Wildman–Crippen MR) is 179 cm³/mol. The smallest absolute Gasteiger partial charge is 0.296 e. The molecule has 0 spiro atoms. The molecule has 0 aliphatic carbocycles. The van der Waals surface area contributed by atoms with Gasteiger partial charge in [-0.2, -0.15) is 0 Å². The molecule has 11 heteroatoms.